The number of pyridine rings is 1. The second kappa shape index (κ2) is 15.6. The zero-order valence-corrected chi connectivity index (χ0v) is 30.4. The summed E-state index contributed by atoms with van der Waals surface area (Å²) in [5.74, 6) is -0.559. The van der Waals surface area contributed by atoms with Crippen LogP contribution < -0.4 is 14.2 Å². The van der Waals surface area contributed by atoms with E-state index in [2.05, 4.69) is 4.90 Å². The first-order valence-electron chi connectivity index (χ1n) is 16.4. The van der Waals surface area contributed by atoms with E-state index in [0.29, 0.717) is 28.5 Å². The maximum Gasteiger partial charge on any atom is 0.346 e. The molecule has 7 rings (SSSR count). The monoisotopic (exact) mass is 740 g/mol. The molecule has 3 aliphatic heterocycles. The van der Waals surface area contributed by atoms with Crippen molar-refractivity contribution in [1.29, 1.82) is 0 Å². The van der Waals surface area contributed by atoms with Crippen LogP contribution in [0.25, 0.3) is 0 Å². The van der Waals surface area contributed by atoms with Gasteiger partial charge in [-0.3, -0.25) is 15.0 Å². The van der Waals surface area contributed by atoms with Crippen LogP contribution in [0.2, 0.25) is 10.0 Å². The van der Waals surface area contributed by atoms with Crippen molar-refractivity contribution in [1.82, 2.24) is 9.80 Å². The Labute approximate surface area is 305 Å². The maximum atomic E-state index is 14.0. The van der Waals surface area contributed by atoms with Crippen molar-refractivity contribution < 1.29 is 38.8 Å². The van der Waals surface area contributed by atoms with Gasteiger partial charge in [-0.15, -0.1) is 11.3 Å². The average Bonchev–Trinajstić information content (AvgIpc) is 3.52. The molecule has 0 aliphatic carbocycles. The van der Waals surface area contributed by atoms with Gasteiger partial charge < -0.3 is 19.3 Å². The summed E-state index contributed by atoms with van der Waals surface area (Å²) < 4.78 is 18.1. The average molecular weight is 742 g/mol. The van der Waals surface area contributed by atoms with E-state index in [4.69, 9.17) is 37.4 Å². The van der Waals surface area contributed by atoms with Gasteiger partial charge in [0.25, 0.3) is 0 Å². The van der Waals surface area contributed by atoms with Crippen molar-refractivity contribution in [2.45, 2.75) is 43.9 Å². The van der Waals surface area contributed by atoms with E-state index in [1.165, 1.54) is 19.5 Å². The molecule has 4 aromatic rings. The number of methoxy groups -OCH3 is 2. The van der Waals surface area contributed by atoms with E-state index in [9.17, 15) is 19.9 Å². The topological polar surface area (TPSA) is 113 Å². The number of hydrogen-bond acceptors (Lipinski definition) is 9. The number of esters is 1. The summed E-state index contributed by atoms with van der Waals surface area (Å²) in [6, 6.07) is 16.1. The fourth-order valence-electron chi connectivity index (χ4n) is 7.18. The highest BCUT2D eigenvalue weighted by atomic mass is 35.5. The number of ether oxygens (including phenoxy) is 3. The number of carboxylic acids is 1. The Balaban J connectivity index is 1.35. The molecule has 10 nitrogen and oxygen atoms in total. The molecular weight excluding hydrogens is 701 g/mol. The van der Waals surface area contributed by atoms with E-state index in [0.717, 1.165) is 64.5 Å². The lowest BCUT2D eigenvalue weighted by atomic mass is 9.85. The lowest BCUT2D eigenvalue weighted by Crippen LogP contribution is -2.52. The summed E-state index contributed by atoms with van der Waals surface area (Å²) in [5, 5.41) is 21.0. The van der Waals surface area contributed by atoms with Crippen molar-refractivity contribution in [2.24, 2.45) is 5.92 Å². The van der Waals surface area contributed by atoms with Gasteiger partial charge in [0, 0.05) is 34.2 Å². The summed E-state index contributed by atoms with van der Waals surface area (Å²) in [6.45, 7) is 3.13. The smallest absolute Gasteiger partial charge is 0.346 e. The second-order valence-electron chi connectivity index (χ2n) is 12.8. The Morgan fingerprint density at radius 2 is 1.68 bits per heavy atom. The van der Waals surface area contributed by atoms with Crippen LogP contribution >= 0.6 is 34.5 Å². The number of fused-ring (bicyclic) bond motifs is 3. The largest absolute Gasteiger partial charge is 0.493 e. The van der Waals surface area contributed by atoms with Crippen LogP contribution in [0.1, 0.15) is 61.6 Å². The Hall–Kier alpha value is -3.87. The molecular formula is C37H40Cl2N3O7S+. The second-order valence-corrected chi connectivity index (χ2v) is 14.8. The quantitative estimate of drug-likeness (QED) is 0.0904. The van der Waals surface area contributed by atoms with Gasteiger partial charge in [-0.05, 0) is 80.2 Å². The Morgan fingerprint density at radius 1 is 1.00 bits per heavy atom. The first-order chi connectivity index (χ1) is 24.1. The molecule has 2 bridgehead atoms. The molecule has 3 atom stereocenters. The van der Waals surface area contributed by atoms with Gasteiger partial charge >= 0.3 is 11.9 Å². The third-order valence-corrected chi connectivity index (χ3v) is 11.5. The third kappa shape index (κ3) is 7.72. The van der Waals surface area contributed by atoms with Crippen LogP contribution in [-0.2, 0) is 22.5 Å². The summed E-state index contributed by atoms with van der Waals surface area (Å²) in [5.41, 5.74) is 2.64. The molecule has 0 radical (unpaired) electrons. The predicted molar refractivity (Wildman–Crippen MR) is 190 cm³/mol. The molecule has 2 aromatic heterocycles. The molecule has 50 heavy (non-hydrogen) atoms. The molecule has 3 aliphatic rings. The summed E-state index contributed by atoms with van der Waals surface area (Å²) in [6.07, 6.45) is 4.80. The molecule has 5 heterocycles. The number of carbonyl (C=O) groups is 2. The Kier molecular flexibility index (Phi) is 11.2. The molecule has 3 fully saturated rings. The van der Waals surface area contributed by atoms with Gasteiger partial charge in [-0.1, -0.05) is 59.6 Å². The van der Waals surface area contributed by atoms with Gasteiger partial charge in [0.2, 0.25) is 12.4 Å². The molecule has 0 spiro atoms. The standard InChI is InChI=1S/C37H39Cl2N3O7S/c1-40(34(23-7-5-4-6-8-23)37(45)49-33-21-41-13-11-22(33)12-14-41)18-25-16-27(35(50-25)36(43)44)26(17-28-29(38)19-42(46)20-30(28)39)24-9-10-31(47-2)32(15-24)48-3/h4-10,15-16,19-20,22,26,33-34H,11-14,17-18,21H2,1-3H3,(H-,43,44,46)/p+1/t26-,33-,34?/m0/s1. The number of aromatic nitrogens is 1. The number of piperidine rings is 3. The van der Waals surface area contributed by atoms with Crippen molar-refractivity contribution in [2.75, 3.05) is 40.9 Å². The third-order valence-electron chi connectivity index (χ3n) is 9.72. The van der Waals surface area contributed by atoms with E-state index in [-0.39, 0.29) is 40.0 Å². The minimum absolute atomic E-state index is 0.143. The zero-order valence-electron chi connectivity index (χ0n) is 28.1. The van der Waals surface area contributed by atoms with Crippen molar-refractivity contribution in [3.8, 4) is 11.5 Å². The Bertz CT molecular complexity index is 1820. The van der Waals surface area contributed by atoms with Gasteiger partial charge in [0.15, 0.2) is 11.5 Å². The number of hydrogen-bond donors (Lipinski definition) is 2. The lowest BCUT2D eigenvalue weighted by molar-refractivity contribution is -0.904. The normalized spacial score (nSPS) is 19.6. The molecule has 3 saturated heterocycles. The number of aromatic carboxylic acids is 1. The van der Waals surface area contributed by atoms with E-state index in [1.54, 1.807) is 13.2 Å². The van der Waals surface area contributed by atoms with Crippen molar-refractivity contribution in [3.05, 3.63) is 109 Å². The molecule has 0 amide bonds. The lowest BCUT2D eigenvalue weighted by Gasteiger charge is -2.44. The van der Waals surface area contributed by atoms with Crippen LogP contribution in [0.15, 0.2) is 67.0 Å². The van der Waals surface area contributed by atoms with Crippen LogP contribution in [0, 0.1) is 5.92 Å². The van der Waals surface area contributed by atoms with Crippen LogP contribution in [-0.4, -0.2) is 79.1 Å². The number of carboxylic acid groups (broad SMARTS) is 1. The van der Waals surface area contributed by atoms with E-state index >= 15 is 0 Å². The van der Waals surface area contributed by atoms with Gasteiger partial charge in [0.05, 0.1) is 14.2 Å². The first kappa shape index (κ1) is 35.9. The number of halogens is 2. The fraction of sp³-hybridized carbons (Fsp3) is 0.378. The van der Waals surface area contributed by atoms with E-state index < -0.39 is 17.9 Å². The van der Waals surface area contributed by atoms with Gasteiger partial charge in [-0.25, -0.2) is 9.59 Å². The van der Waals surface area contributed by atoms with E-state index in [1.807, 2.05) is 60.5 Å². The molecule has 2 aromatic carbocycles. The van der Waals surface area contributed by atoms with Gasteiger partial charge in [0.1, 0.15) is 27.1 Å². The number of nitrogens with zero attached hydrogens (tertiary/aromatic N) is 3. The molecule has 2 N–H and O–H groups in total. The summed E-state index contributed by atoms with van der Waals surface area (Å²) in [7, 11) is 4.94. The molecule has 264 valence electrons. The highest BCUT2D eigenvalue weighted by Gasteiger charge is 2.39. The predicted octanol–water partition coefficient (Wildman–Crippen LogP) is 6.48. The SMILES string of the molecule is COc1ccc([C@H](Cc2c(Cl)c[n+](O)cc2Cl)c2cc(CN(C)C(C(=O)O[C@H]3CN4CCC3CC4)c3ccccc3)sc2C(=O)O)cc1OC. The highest BCUT2D eigenvalue weighted by Crippen LogP contribution is 2.41. The molecule has 0 saturated carbocycles. The summed E-state index contributed by atoms with van der Waals surface area (Å²) >= 11 is 14.3. The fourth-order valence-corrected chi connectivity index (χ4v) is 8.91. The zero-order chi connectivity index (χ0) is 35.5. The van der Waals surface area contributed by atoms with Crippen LogP contribution in [0.4, 0.5) is 0 Å². The Morgan fingerprint density at radius 3 is 2.28 bits per heavy atom. The minimum atomic E-state index is -1.08. The number of thiophene rings is 1. The van der Waals surface area contributed by atoms with Gasteiger partial charge in [-0.2, -0.15) is 0 Å². The summed E-state index contributed by atoms with van der Waals surface area (Å²) in [4.78, 5) is 32.0. The number of rotatable bonds is 13. The van der Waals surface area contributed by atoms with Crippen LogP contribution in [0.3, 0.4) is 0 Å². The minimum Gasteiger partial charge on any atom is -0.493 e. The number of carbonyl (C=O) groups excluding carboxylic acids is 1. The van der Waals surface area contributed by atoms with Crippen molar-refractivity contribution >= 4 is 46.5 Å². The van der Waals surface area contributed by atoms with Crippen molar-refractivity contribution in [3.63, 3.8) is 0 Å². The first-order valence-corrected chi connectivity index (χ1v) is 18.0. The molecule has 1 unspecified atom stereocenters. The number of benzene rings is 2. The molecule has 13 heteroatoms. The van der Waals surface area contributed by atoms with Crippen LogP contribution in [0.5, 0.6) is 11.5 Å². The number of likely N-dealkylation sites (N-methyl/N-ethyl adjacent to an activating group) is 1. The highest BCUT2D eigenvalue weighted by molar-refractivity contribution is 7.14. The maximum absolute atomic E-state index is 14.0.